The zero-order chi connectivity index (χ0) is 20.8. The third kappa shape index (κ3) is 5.80. The zero-order valence-corrected chi connectivity index (χ0v) is 17.0. The number of anilines is 1. The second-order valence-corrected chi connectivity index (χ2v) is 7.62. The fourth-order valence-corrected chi connectivity index (χ4v) is 3.15. The van der Waals surface area contributed by atoms with Crippen LogP contribution in [0.15, 0.2) is 18.2 Å². The summed E-state index contributed by atoms with van der Waals surface area (Å²) in [6, 6.07) is 3.64. The van der Waals surface area contributed by atoms with Crippen molar-refractivity contribution >= 4 is 34.9 Å². The lowest BCUT2D eigenvalue weighted by Gasteiger charge is -2.38. The summed E-state index contributed by atoms with van der Waals surface area (Å²) in [5, 5.41) is 16.6. The molecule has 1 unspecified atom stereocenters. The lowest BCUT2D eigenvalue weighted by atomic mass is 10.2. The van der Waals surface area contributed by atoms with Crippen molar-refractivity contribution in [2.24, 2.45) is 5.92 Å². The number of urea groups is 1. The molecule has 3 amide bonds. The Morgan fingerprint density at radius 1 is 1.21 bits per heavy atom. The number of imide groups is 1. The lowest BCUT2D eigenvalue weighted by Crippen LogP contribution is -2.55. The Balaban J connectivity index is 1.92. The van der Waals surface area contributed by atoms with Crippen LogP contribution in [0.5, 0.6) is 0 Å². The van der Waals surface area contributed by atoms with E-state index in [0.29, 0.717) is 49.4 Å². The molecule has 0 aliphatic carbocycles. The zero-order valence-electron chi connectivity index (χ0n) is 16.3. The number of hydrogen-bond donors (Lipinski definition) is 2. The van der Waals surface area contributed by atoms with Crippen molar-refractivity contribution in [3.63, 3.8) is 0 Å². The van der Waals surface area contributed by atoms with Gasteiger partial charge in [0.05, 0.1) is 11.0 Å². The fraction of sp³-hybridized carbons (Fsp3) is 0.556. The molecule has 0 radical (unpaired) electrons. The normalized spacial score (nSPS) is 16.0. The average Bonchev–Trinajstić information content (AvgIpc) is 2.65. The number of halogens is 1. The first-order valence-electron chi connectivity index (χ1n) is 9.20. The van der Waals surface area contributed by atoms with Crippen LogP contribution in [0.3, 0.4) is 0 Å². The molecule has 1 aliphatic rings. The molecule has 0 spiro atoms. The molecule has 2 rings (SSSR count). The molecule has 1 aliphatic heterocycles. The van der Waals surface area contributed by atoms with Crippen molar-refractivity contribution in [3.8, 4) is 0 Å². The van der Waals surface area contributed by atoms with Gasteiger partial charge in [-0.2, -0.15) is 0 Å². The van der Waals surface area contributed by atoms with Gasteiger partial charge in [-0.3, -0.25) is 25.1 Å². The minimum absolute atomic E-state index is 0.0337. The summed E-state index contributed by atoms with van der Waals surface area (Å²) in [4.78, 5) is 38.8. The number of rotatable bonds is 6. The molecule has 154 valence electrons. The molecule has 0 bridgehead atoms. The van der Waals surface area contributed by atoms with Gasteiger partial charge < -0.3 is 10.2 Å². The molecule has 0 saturated carbocycles. The van der Waals surface area contributed by atoms with Gasteiger partial charge in [-0.15, -0.1) is 0 Å². The lowest BCUT2D eigenvalue weighted by molar-refractivity contribution is -0.384. The van der Waals surface area contributed by atoms with Crippen LogP contribution in [0.1, 0.15) is 20.8 Å². The maximum absolute atomic E-state index is 12.3. The Labute approximate surface area is 169 Å². The van der Waals surface area contributed by atoms with Crippen molar-refractivity contribution in [1.29, 1.82) is 0 Å². The maximum Gasteiger partial charge on any atom is 0.321 e. The molecule has 1 fully saturated rings. The molecule has 1 atom stereocenters. The number of carbonyl (C=O) groups is 2. The van der Waals surface area contributed by atoms with Gasteiger partial charge in [-0.25, -0.2) is 4.79 Å². The van der Waals surface area contributed by atoms with E-state index in [1.807, 2.05) is 23.6 Å². The van der Waals surface area contributed by atoms with Crippen LogP contribution in [0, 0.1) is 16.0 Å². The van der Waals surface area contributed by atoms with E-state index in [1.165, 1.54) is 6.07 Å². The number of amides is 3. The Bertz CT molecular complexity index is 735. The van der Waals surface area contributed by atoms with Crippen molar-refractivity contribution in [2.75, 3.05) is 37.6 Å². The third-order valence-corrected chi connectivity index (χ3v) is 4.86. The van der Waals surface area contributed by atoms with E-state index in [9.17, 15) is 19.7 Å². The number of benzene rings is 1. The second-order valence-electron chi connectivity index (χ2n) is 7.18. The number of nitrogens with one attached hydrogen (secondary N) is 2. The van der Waals surface area contributed by atoms with Crippen LogP contribution in [0.4, 0.5) is 16.2 Å². The first-order chi connectivity index (χ1) is 13.2. The summed E-state index contributed by atoms with van der Waals surface area (Å²) in [5.74, 6) is -0.0737. The number of nitro benzene ring substituents is 1. The van der Waals surface area contributed by atoms with E-state index >= 15 is 0 Å². The van der Waals surface area contributed by atoms with Crippen molar-refractivity contribution < 1.29 is 14.5 Å². The summed E-state index contributed by atoms with van der Waals surface area (Å²) in [5.41, 5.74) is 0.479. The van der Waals surface area contributed by atoms with Gasteiger partial charge in [0.15, 0.2) is 0 Å². The van der Waals surface area contributed by atoms with Crippen LogP contribution < -0.4 is 15.5 Å². The summed E-state index contributed by atoms with van der Waals surface area (Å²) in [7, 11) is 0. The van der Waals surface area contributed by atoms with Crippen molar-refractivity contribution in [3.05, 3.63) is 33.3 Å². The van der Waals surface area contributed by atoms with E-state index < -0.39 is 17.0 Å². The molecular weight excluding hydrogens is 386 g/mol. The number of piperazine rings is 1. The minimum atomic E-state index is -0.499. The first kappa shape index (κ1) is 21.9. The van der Waals surface area contributed by atoms with Gasteiger partial charge in [0, 0.05) is 43.8 Å². The molecule has 0 aromatic heterocycles. The van der Waals surface area contributed by atoms with E-state index in [2.05, 4.69) is 10.6 Å². The van der Waals surface area contributed by atoms with E-state index in [4.69, 9.17) is 11.6 Å². The van der Waals surface area contributed by atoms with Crippen LogP contribution in [-0.2, 0) is 4.79 Å². The van der Waals surface area contributed by atoms with Crippen LogP contribution in [0.25, 0.3) is 0 Å². The summed E-state index contributed by atoms with van der Waals surface area (Å²) in [6.07, 6.45) is 0. The topological polar surface area (TPSA) is 108 Å². The molecule has 2 N–H and O–H groups in total. The highest BCUT2D eigenvalue weighted by Gasteiger charge is 2.29. The molecule has 1 aromatic carbocycles. The Hall–Kier alpha value is -2.39. The monoisotopic (exact) mass is 411 g/mol. The molecule has 1 saturated heterocycles. The third-order valence-electron chi connectivity index (χ3n) is 4.62. The molecular formula is C18H26ClN5O4. The summed E-state index contributed by atoms with van der Waals surface area (Å²) >= 11 is 5.87. The predicted molar refractivity (Wildman–Crippen MR) is 108 cm³/mol. The van der Waals surface area contributed by atoms with Gasteiger partial charge in [-0.05, 0) is 25.0 Å². The second kappa shape index (κ2) is 9.70. The highest BCUT2D eigenvalue weighted by Crippen LogP contribution is 2.31. The predicted octanol–water partition coefficient (Wildman–Crippen LogP) is 2.24. The van der Waals surface area contributed by atoms with E-state index in [1.54, 1.807) is 19.1 Å². The number of hydrogen-bond acceptors (Lipinski definition) is 6. The smallest absolute Gasteiger partial charge is 0.321 e. The molecule has 9 nitrogen and oxygen atoms in total. The average molecular weight is 412 g/mol. The van der Waals surface area contributed by atoms with Gasteiger partial charge in [0.1, 0.15) is 5.69 Å². The molecule has 10 heteroatoms. The van der Waals surface area contributed by atoms with Crippen LogP contribution in [0.2, 0.25) is 5.02 Å². The quantitative estimate of drug-likeness (QED) is 0.549. The van der Waals surface area contributed by atoms with Crippen LogP contribution >= 0.6 is 11.6 Å². The fourth-order valence-electron chi connectivity index (χ4n) is 2.98. The first-order valence-corrected chi connectivity index (χ1v) is 9.58. The largest absolute Gasteiger partial charge is 0.363 e. The number of nitrogens with zero attached hydrogens (tertiary/aromatic N) is 3. The molecule has 28 heavy (non-hydrogen) atoms. The van der Waals surface area contributed by atoms with E-state index in [-0.39, 0.29) is 11.6 Å². The Morgan fingerprint density at radius 3 is 2.43 bits per heavy atom. The van der Waals surface area contributed by atoms with Crippen LogP contribution in [-0.4, -0.2) is 60.5 Å². The van der Waals surface area contributed by atoms with Crippen molar-refractivity contribution in [2.45, 2.75) is 26.8 Å². The Morgan fingerprint density at radius 2 is 1.86 bits per heavy atom. The van der Waals surface area contributed by atoms with Gasteiger partial charge in [0.2, 0.25) is 5.91 Å². The molecule has 1 heterocycles. The maximum atomic E-state index is 12.3. The Kier molecular flexibility index (Phi) is 7.59. The van der Waals surface area contributed by atoms with Gasteiger partial charge >= 0.3 is 6.03 Å². The van der Waals surface area contributed by atoms with Crippen molar-refractivity contribution in [1.82, 2.24) is 15.5 Å². The highest BCUT2D eigenvalue weighted by atomic mass is 35.5. The SMILES string of the molecule is CC(C)CNC(=O)NC(=O)C(C)N1CCN(c2ccc(Cl)cc2[N+](=O)[O-])CC1. The number of nitro groups is 1. The summed E-state index contributed by atoms with van der Waals surface area (Å²) < 4.78 is 0. The number of carbonyl (C=O) groups excluding carboxylic acids is 2. The minimum Gasteiger partial charge on any atom is -0.363 e. The molecule has 1 aromatic rings. The highest BCUT2D eigenvalue weighted by molar-refractivity contribution is 6.30. The summed E-state index contributed by atoms with van der Waals surface area (Å²) in [6.45, 7) is 8.31. The van der Waals surface area contributed by atoms with E-state index in [0.717, 1.165) is 0 Å². The van der Waals surface area contributed by atoms with Gasteiger partial charge in [-0.1, -0.05) is 25.4 Å². The standard InChI is InChI=1S/C18H26ClN5O4/c1-12(2)11-20-18(26)21-17(25)13(3)22-6-8-23(9-7-22)15-5-4-14(19)10-16(15)24(27)28/h4-5,10,12-13H,6-9,11H2,1-3H3,(H2,20,21,25,26). The van der Waals surface area contributed by atoms with Gasteiger partial charge in [0.25, 0.3) is 5.69 Å².